The first-order valence-electron chi connectivity index (χ1n) is 6.54. The lowest BCUT2D eigenvalue weighted by Gasteiger charge is -2.34. The number of nitrogens with zero attached hydrogens (tertiary/aromatic N) is 2. The van der Waals surface area contributed by atoms with Crippen LogP contribution >= 0.6 is 0 Å². The zero-order valence-electron chi connectivity index (χ0n) is 11.2. The number of hydrogen-bond donors (Lipinski definition) is 1. The molecule has 17 heavy (non-hydrogen) atoms. The Kier molecular flexibility index (Phi) is 4.00. The highest BCUT2D eigenvalue weighted by Gasteiger charge is 2.19. The van der Waals surface area contributed by atoms with Crippen LogP contribution in [0.1, 0.15) is 24.2 Å². The first kappa shape index (κ1) is 12.4. The average Bonchev–Trinajstić information content (AvgIpc) is 2.28. The van der Waals surface area contributed by atoms with Crippen molar-refractivity contribution in [3.63, 3.8) is 0 Å². The molecule has 94 valence electrons. The summed E-state index contributed by atoms with van der Waals surface area (Å²) in [6.07, 6.45) is 2.65. The van der Waals surface area contributed by atoms with Crippen LogP contribution in [-0.2, 0) is 0 Å². The summed E-state index contributed by atoms with van der Waals surface area (Å²) in [6.45, 7) is 7.63. The number of aryl methyl sites for hydroxylation is 2. The minimum atomic E-state index is 0.780. The largest absolute Gasteiger partial charge is 0.371 e. The summed E-state index contributed by atoms with van der Waals surface area (Å²) < 4.78 is 0. The van der Waals surface area contributed by atoms with Gasteiger partial charge >= 0.3 is 0 Å². The van der Waals surface area contributed by atoms with Crippen molar-refractivity contribution in [2.45, 2.75) is 26.7 Å². The van der Waals surface area contributed by atoms with Crippen molar-refractivity contribution >= 4 is 5.69 Å². The van der Waals surface area contributed by atoms with Gasteiger partial charge in [-0.1, -0.05) is 0 Å². The summed E-state index contributed by atoms with van der Waals surface area (Å²) in [5, 5.41) is 3.29. The van der Waals surface area contributed by atoms with Crippen molar-refractivity contribution in [2.24, 2.45) is 5.92 Å². The second-order valence-electron chi connectivity index (χ2n) is 5.12. The molecule has 0 aromatic carbocycles. The third-order valence-electron chi connectivity index (χ3n) is 3.44. The van der Waals surface area contributed by atoms with Crippen molar-refractivity contribution < 1.29 is 0 Å². The number of piperidine rings is 1. The molecule has 2 rings (SSSR count). The van der Waals surface area contributed by atoms with Crippen LogP contribution in [0.4, 0.5) is 5.69 Å². The molecule has 2 heterocycles. The first-order chi connectivity index (χ1) is 8.19. The Hall–Kier alpha value is -1.09. The summed E-state index contributed by atoms with van der Waals surface area (Å²) in [4.78, 5) is 6.95. The van der Waals surface area contributed by atoms with Gasteiger partial charge in [0.1, 0.15) is 0 Å². The predicted octanol–water partition coefficient (Wildman–Crippen LogP) is 2.13. The Morgan fingerprint density at radius 3 is 2.71 bits per heavy atom. The van der Waals surface area contributed by atoms with Gasteiger partial charge in [-0.25, -0.2) is 0 Å². The first-order valence-corrected chi connectivity index (χ1v) is 6.54. The van der Waals surface area contributed by atoms with Gasteiger partial charge in [0, 0.05) is 30.2 Å². The van der Waals surface area contributed by atoms with E-state index in [2.05, 4.69) is 41.2 Å². The molecule has 3 heteroatoms. The Balaban J connectivity index is 2.10. The molecule has 1 saturated heterocycles. The Morgan fingerprint density at radius 2 is 2.06 bits per heavy atom. The molecule has 1 fully saturated rings. The molecule has 0 spiro atoms. The monoisotopic (exact) mass is 233 g/mol. The van der Waals surface area contributed by atoms with Crippen LogP contribution in [0.3, 0.4) is 0 Å². The fraction of sp³-hybridized carbons (Fsp3) is 0.643. The zero-order valence-corrected chi connectivity index (χ0v) is 11.2. The van der Waals surface area contributed by atoms with Crippen LogP contribution in [0.2, 0.25) is 0 Å². The number of hydrogen-bond acceptors (Lipinski definition) is 3. The van der Waals surface area contributed by atoms with Crippen LogP contribution in [0.5, 0.6) is 0 Å². The van der Waals surface area contributed by atoms with Gasteiger partial charge in [-0.2, -0.15) is 0 Å². The molecule has 1 atom stereocenters. The van der Waals surface area contributed by atoms with E-state index in [1.54, 1.807) is 0 Å². The Bertz CT molecular complexity index is 353. The average molecular weight is 233 g/mol. The van der Waals surface area contributed by atoms with Gasteiger partial charge in [-0.05, 0) is 58.3 Å². The van der Waals surface area contributed by atoms with E-state index in [0.29, 0.717) is 0 Å². The van der Waals surface area contributed by atoms with E-state index in [1.165, 1.54) is 31.6 Å². The summed E-state index contributed by atoms with van der Waals surface area (Å²) in [7, 11) is 2.04. The molecule has 1 aliphatic heterocycles. The summed E-state index contributed by atoms with van der Waals surface area (Å²) in [6, 6.07) is 4.41. The van der Waals surface area contributed by atoms with Gasteiger partial charge in [0.15, 0.2) is 0 Å². The Morgan fingerprint density at radius 1 is 1.35 bits per heavy atom. The number of anilines is 1. The van der Waals surface area contributed by atoms with Crippen molar-refractivity contribution in [1.29, 1.82) is 0 Å². The topological polar surface area (TPSA) is 28.2 Å². The maximum atomic E-state index is 4.45. The molecule has 1 aliphatic rings. The third-order valence-corrected chi connectivity index (χ3v) is 3.44. The van der Waals surface area contributed by atoms with Gasteiger partial charge in [-0.15, -0.1) is 0 Å². The molecule has 1 N–H and O–H groups in total. The molecule has 1 unspecified atom stereocenters. The lowest BCUT2D eigenvalue weighted by atomic mass is 9.97. The maximum Gasteiger partial charge on any atom is 0.0402 e. The second-order valence-corrected chi connectivity index (χ2v) is 5.12. The molecule has 0 amide bonds. The zero-order chi connectivity index (χ0) is 12.3. The van der Waals surface area contributed by atoms with Crippen LogP contribution in [0, 0.1) is 19.8 Å². The molecule has 3 nitrogen and oxygen atoms in total. The van der Waals surface area contributed by atoms with Crippen LogP contribution in [0.25, 0.3) is 0 Å². The van der Waals surface area contributed by atoms with Crippen molar-refractivity contribution in [3.8, 4) is 0 Å². The predicted molar refractivity (Wildman–Crippen MR) is 72.6 cm³/mol. The van der Waals surface area contributed by atoms with E-state index in [0.717, 1.165) is 23.9 Å². The third kappa shape index (κ3) is 3.19. The summed E-state index contributed by atoms with van der Waals surface area (Å²) in [5.41, 5.74) is 3.59. The minimum Gasteiger partial charge on any atom is -0.371 e. The smallest absolute Gasteiger partial charge is 0.0402 e. The normalized spacial score (nSPS) is 20.6. The Labute approximate surface area is 104 Å². The SMILES string of the molecule is CNCC1CCCN(c2cc(C)nc(C)c2)C1. The minimum absolute atomic E-state index is 0.780. The van der Waals surface area contributed by atoms with Crippen molar-refractivity contribution in [2.75, 3.05) is 31.6 Å². The number of rotatable bonds is 3. The highest BCUT2D eigenvalue weighted by atomic mass is 15.1. The van der Waals surface area contributed by atoms with E-state index >= 15 is 0 Å². The van der Waals surface area contributed by atoms with Gasteiger partial charge in [-0.3, -0.25) is 4.98 Å². The highest BCUT2D eigenvalue weighted by molar-refractivity contribution is 5.48. The highest BCUT2D eigenvalue weighted by Crippen LogP contribution is 2.23. The quantitative estimate of drug-likeness (QED) is 0.867. The van der Waals surface area contributed by atoms with E-state index in [-0.39, 0.29) is 0 Å². The van der Waals surface area contributed by atoms with E-state index in [4.69, 9.17) is 0 Å². The number of pyridine rings is 1. The maximum absolute atomic E-state index is 4.45. The van der Waals surface area contributed by atoms with E-state index in [1.807, 2.05) is 7.05 Å². The molecule has 0 aliphatic carbocycles. The van der Waals surface area contributed by atoms with Crippen molar-refractivity contribution in [3.05, 3.63) is 23.5 Å². The molecule has 0 radical (unpaired) electrons. The molecule has 0 bridgehead atoms. The van der Waals surface area contributed by atoms with Crippen LogP contribution < -0.4 is 10.2 Å². The lowest BCUT2D eigenvalue weighted by molar-refractivity contribution is 0.402. The second kappa shape index (κ2) is 5.50. The van der Waals surface area contributed by atoms with E-state index in [9.17, 15) is 0 Å². The van der Waals surface area contributed by atoms with Crippen LogP contribution in [-0.4, -0.2) is 31.7 Å². The van der Waals surface area contributed by atoms with Gasteiger partial charge in [0.25, 0.3) is 0 Å². The molecular weight excluding hydrogens is 210 g/mol. The van der Waals surface area contributed by atoms with Crippen LogP contribution in [0.15, 0.2) is 12.1 Å². The lowest BCUT2D eigenvalue weighted by Crippen LogP contribution is -2.39. The molecular formula is C14H23N3. The summed E-state index contributed by atoms with van der Waals surface area (Å²) >= 11 is 0. The molecule has 0 saturated carbocycles. The van der Waals surface area contributed by atoms with E-state index < -0.39 is 0 Å². The van der Waals surface area contributed by atoms with Crippen molar-refractivity contribution in [1.82, 2.24) is 10.3 Å². The van der Waals surface area contributed by atoms with Gasteiger partial charge in [0.2, 0.25) is 0 Å². The summed E-state index contributed by atoms with van der Waals surface area (Å²) in [5.74, 6) is 0.780. The molecule has 1 aromatic heterocycles. The number of nitrogens with one attached hydrogen (secondary N) is 1. The van der Waals surface area contributed by atoms with Gasteiger partial charge < -0.3 is 10.2 Å². The fourth-order valence-corrected chi connectivity index (χ4v) is 2.75. The standard InChI is InChI=1S/C14H23N3/c1-11-7-14(8-12(2)16-11)17-6-4-5-13(10-17)9-15-3/h7-8,13,15H,4-6,9-10H2,1-3H3. The number of aromatic nitrogens is 1. The fourth-order valence-electron chi connectivity index (χ4n) is 2.75. The van der Waals surface area contributed by atoms with Gasteiger partial charge in [0.05, 0.1) is 0 Å². The molecule has 1 aromatic rings.